The standard InChI is InChI=1S/C56H99O12P/c1-3-5-7-9-11-13-15-17-19-21-23-24-25-26-27-28-30-32-34-36-38-40-42-44-46-65-47-49(48-66-69(63,64)68-56-54(61)52(59)51(58)53(60)55(56)62)67-50(57)45-43-41-39-37-35-33-31-29-22-20-18-16-14-12-10-8-6-4-2/h5,7,11,13,17,19-20,22-24,26-27,49,51-56,58-62H,3-4,6,8-10,12,14-16,18,21,25,28-48H2,1-2H3,(H,63,64)/b7-5-,13-11-,19-17-,22-20-,24-23-,27-26-. The fourth-order valence-corrected chi connectivity index (χ4v) is 9.00. The van der Waals surface area contributed by atoms with Gasteiger partial charge in [-0.2, -0.15) is 0 Å². The fraction of sp³-hybridized carbons (Fsp3) is 0.768. The van der Waals surface area contributed by atoms with Crippen molar-refractivity contribution in [1.82, 2.24) is 0 Å². The van der Waals surface area contributed by atoms with E-state index in [4.69, 9.17) is 18.5 Å². The Morgan fingerprint density at radius 2 is 0.855 bits per heavy atom. The Kier molecular flexibility index (Phi) is 42.8. The van der Waals surface area contributed by atoms with Crippen molar-refractivity contribution in [2.45, 2.75) is 256 Å². The number of hydrogen-bond acceptors (Lipinski definition) is 11. The van der Waals surface area contributed by atoms with Gasteiger partial charge in [0.1, 0.15) is 42.7 Å². The summed E-state index contributed by atoms with van der Waals surface area (Å²) in [5.74, 6) is -0.486. The monoisotopic (exact) mass is 995 g/mol. The van der Waals surface area contributed by atoms with Gasteiger partial charge in [-0.25, -0.2) is 4.57 Å². The summed E-state index contributed by atoms with van der Waals surface area (Å²) in [6, 6.07) is 0. The minimum Gasteiger partial charge on any atom is -0.457 e. The van der Waals surface area contributed by atoms with Gasteiger partial charge in [-0.1, -0.05) is 196 Å². The Bertz CT molecular complexity index is 1410. The number of carbonyl (C=O) groups is 1. The highest BCUT2D eigenvalue weighted by Crippen LogP contribution is 2.47. The lowest BCUT2D eigenvalue weighted by Crippen LogP contribution is -2.64. The summed E-state index contributed by atoms with van der Waals surface area (Å²) in [6.45, 7) is 4.14. The van der Waals surface area contributed by atoms with Gasteiger partial charge >= 0.3 is 13.8 Å². The Labute approximate surface area is 419 Å². The van der Waals surface area contributed by atoms with Crippen LogP contribution in [-0.4, -0.2) is 98.9 Å². The van der Waals surface area contributed by atoms with E-state index in [2.05, 4.69) is 86.8 Å². The predicted octanol–water partition coefficient (Wildman–Crippen LogP) is 12.7. The third-order valence-corrected chi connectivity index (χ3v) is 13.3. The van der Waals surface area contributed by atoms with Gasteiger partial charge in [0.05, 0.1) is 13.2 Å². The van der Waals surface area contributed by atoms with Crippen LogP contribution in [0, 0.1) is 0 Å². The van der Waals surface area contributed by atoms with E-state index in [-0.39, 0.29) is 13.0 Å². The van der Waals surface area contributed by atoms with E-state index < -0.39 is 63.1 Å². The zero-order valence-electron chi connectivity index (χ0n) is 43.1. The third-order valence-electron chi connectivity index (χ3n) is 12.3. The molecule has 0 aromatic carbocycles. The molecule has 69 heavy (non-hydrogen) atoms. The first-order valence-electron chi connectivity index (χ1n) is 27.3. The minimum absolute atomic E-state index is 0.0871. The molecule has 1 rings (SSSR count). The first-order valence-corrected chi connectivity index (χ1v) is 28.8. The molecule has 6 atom stereocenters. The molecule has 0 aromatic heterocycles. The molecule has 400 valence electrons. The Balaban J connectivity index is 2.32. The maximum atomic E-state index is 12.9. The van der Waals surface area contributed by atoms with E-state index >= 15 is 0 Å². The number of allylic oxidation sites excluding steroid dienone is 12. The van der Waals surface area contributed by atoms with Crippen LogP contribution in [0.4, 0.5) is 0 Å². The van der Waals surface area contributed by atoms with Crippen molar-refractivity contribution in [3.8, 4) is 0 Å². The lowest BCUT2D eigenvalue weighted by molar-refractivity contribution is -0.220. The summed E-state index contributed by atoms with van der Waals surface area (Å²) < 4.78 is 34.3. The largest absolute Gasteiger partial charge is 0.472 e. The lowest BCUT2D eigenvalue weighted by Gasteiger charge is -2.41. The average Bonchev–Trinajstić information content (AvgIpc) is 3.34. The molecule has 0 heterocycles. The number of unbranched alkanes of at least 4 members (excludes halogenated alkanes) is 22. The smallest absolute Gasteiger partial charge is 0.457 e. The number of hydrogen-bond donors (Lipinski definition) is 6. The summed E-state index contributed by atoms with van der Waals surface area (Å²) in [5, 5.41) is 50.4. The van der Waals surface area contributed by atoms with Crippen LogP contribution in [0.3, 0.4) is 0 Å². The van der Waals surface area contributed by atoms with Gasteiger partial charge in [0, 0.05) is 13.0 Å². The Morgan fingerprint density at radius 1 is 0.478 bits per heavy atom. The molecule has 6 N–H and O–H groups in total. The van der Waals surface area contributed by atoms with Crippen molar-refractivity contribution in [2.75, 3.05) is 19.8 Å². The number of aliphatic hydroxyl groups is 5. The van der Waals surface area contributed by atoms with Crippen LogP contribution in [0.15, 0.2) is 72.9 Å². The first-order chi connectivity index (χ1) is 33.5. The van der Waals surface area contributed by atoms with Crippen molar-refractivity contribution in [3.05, 3.63) is 72.9 Å². The van der Waals surface area contributed by atoms with Gasteiger partial charge in [-0.15, -0.1) is 0 Å². The van der Waals surface area contributed by atoms with E-state index in [0.717, 1.165) is 96.3 Å². The van der Waals surface area contributed by atoms with Crippen molar-refractivity contribution in [1.29, 1.82) is 0 Å². The summed E-state index contributed by atoms with van der Waals surface area (Å²) >= 11 is 0. The van der Waals surface area contributed by atoms with E-state index in [9.17, 15) is 39.8 Å². The third kappa shape index (κ3) is 37.2. The second-order valence-electron chi connectivity index (χ2n) is 18.7. The van der Waals surface area contributed by atoms with Crippen LogP contribution in [0.25, 0.3) is 0 Å². The molecule has 0 bridgehead atoms. The van der Waals surface area contributed by atoms with Gasteiger partial charge in [0.25, 0.3) is 0 Å². The number of esters is 1. The quantitative estimate of drug-likeness (QED) is 0.0147. The molecule has 6 unspecified atom stereocenters. The molecular formula is C56H99O12P. The summed E-state index contributed by atoms with van der Waals surface area (Å²) in [6.07, 6.45) is 48.2. The van der Waals surface area contributed by atoms with Crippen LogP contribution in [-0.2, 0) is 27.9 Å². The van der Waals surface area contributed by atoms with Crippen molar-refractivity contribution in [2.24, 2.45) is 0 Å². The van der Waals surface area contributed by atoms with Gasteiger partial charge in [0.2, 0.25) is 0 Å². The zero-order chi connectivity index (χ0) is 50.5. The minimum atomic E-state index is -5.03. The number of carbonyl (C=O) groups excluding carboxylic acids is 1. The molecule has 12 nitrogen and oxygen atoms in total. The number of phosphoric acid groups is 1. The Morgan fingerprint density at radius 3 is 1.32 bits per heavy atom. The second-order valence-corrected chi connectivity index (χ2v) is 20.1. The molecule has 1 aliphatic carbocycles. The topological polar surface area (TPSA) is 192 Å². The molecule has 13 heteroatoms. The lowest BCUT2D eigenvalue weighted by atomic mass is 9.85. The average molecular weight is 995 g/mol. The van der Waals surface area contributed by atoms with Crippen molar-refractivity contribution < 1.29 is 58.3 Å². The SMILES string of the molecule is CC/C=C\C/C=C\C/C=C\C/C=C\C/C=C\CCCCCCCCCCOCC(COP(=O)(O)OC1C(O)C(O)C(O)C(O)C1O)OC(=O)CCCCCCCCC/C=C\CCCCCCCCC. The highest BCUT2D eigenvalue weighted by atomic mass is 31.2. The van der Waals surface area contributed by atoms with Gasteiger partial charge in [-0.05, 0) is 83.5 Å². The predicted molar refractivity (Wildman–Crippen MR) is 281 cm³/mol. The second kappa shape index (κ2) is 45.6. The van der Waals surface area contributed by atoms with Gasteiger partial charge < -0.3 is 39.9 Å². The highest BCUT2D eigenvalue weighted by molar-refractivity contribution is 7.47. The molecule has 0 spiro atoms. The van der Waals surface area contributed by atoms with Crippen molar-refractivity contribution in [3.63, 3.8) is 0 Å². The van der Waals surface area contributed by atoms with Crippen LogP contribution >= 0.6 is 7.82 Å². The number of ether oxygens (including phenoxy) is 2. The molecule has 0 amide bonds. The van der Waals surface area contributed by atoms with Crippen LogP contribution in [0.5, 0.6) is 0 Å². The van der Waals surface area contributed by atoms with E-state index in [0.29, 0.717) is 13.0 Å². The first kappa shape index (κ1) is 64.8. The molecule has 0 saturated heterocycles. The van der Waals surface area contributed by atoms with Gasteiger partial charge in [0.15, 0.2) is 0 Å². The fourth-order valence-electron chi connectivity index (χ4n) is 8.02. The molecule has 1 aliphatic rings. The van der Waals surface area contributed by atoms with Crippen LogP contribution in [0.2, 0.25) is 0 Å². The Hall–Kier alpha value is -2.22. The maximum absolute atomic E-state index is 12.9. The van der Waals surface area contributed by atoms with E-state index in [1.54, 1.807) is 0 Å². The maximum Gasteiger partial charge on any atom is 0.472 e. The van der Waals surface area contributed by atoms with Crippen LogP contribution in [0.1, 0.15) is 213 Å². The molecule has 0 aromatic rings. The summed E-state index contributed by atoms with van der Waals surface area (Å²) in [4.78, 5) is 23.3. The summed E-state index contributed by atoms with van der Waals surface area (Å²) in [5.41, 5.74) is 0. The number of rotatable bonds is 46. The normalized spacial score (nSPS) is 21.6. The molecular weight excluding hydrogens is 896 g/mol. The highest BCUT2D eigenvalue weighted by Gasteiger charge is 2.51. The van der Waals surface area contributed by atoms with E-state index in [1.807, 2.05) is 0 Å². The number of aliphatic hydroxyl groups excluding tert-OH is 5. The molecule has 1 fully saturated rings. The van der Waals surface area contributed by atoms with Crippen LogP contribution < -0.4 is 0 Å². The van der Waals surface area contributed by atoms with E-state index in [1.165, 1.54) is 89.9 Å². The van der Waals surface area contributed by atoms with Gasteiger partial charge in [-0.3, -0.25) is 13.8 Å². The molecule has 1 saturated carbocycles. The summed E-state index contributed by atoms with van der Waals surface area (Å²) in [7, 11) is -5.03. The molecule has 0 radical (unpaired) electrons. The number of phosphoric ester groups is 1. The zero-order valence-corrected chi connectivity index (χ0v) is 44.0. The van der Waals surface area contributed by atoms with Crippen molar-refractivity contribution >= 4 is 13.8 Å². The molecule has 0 aliphatic heterocycles.